The maximum atomic E-state index is 13.7. The topological polar surface area (TPSA) is 70.7 Å². The number of hydrogen-bond acceptors (Lipinski definition) is 5. The largest absolute Gasteiger partial charge is 0.315 e. The number of H-pyrrole nitrogens is 1. The lowest BCUT2D eigenvalue weighted by Crippen LogP contribution is -2.09. The number of aryl methyl sites for hydroxylation is 1. The van der Waals surface area contributed by atoms with Crippen molar-refractivity contribution in [1.82, 2.24) is 15.2 Å². The molecule has 21 heavy (non-hydrogen) atoms. The minimum absolute atomic E-state index is 0.0314. The van der Waals surface area contributed by atoms with Crippen molar-refractivity contribution >= 4 is 32.4 Å². The van der Waals surface area contributed by atoms with Crippen LogP contribution >= 0.6 is 11.3 Å². The Morgan fingerprint density at radius 2 is 2.00 bits per heavy atom. The lowest BCUT2D eigenvalue weighted by molar-refractivity contribution is 0.454. The van der Waals surface area contributed by atoms with Crippen molar-refractivity contribution in [2.24, 2.45) is 0 Å². The van der Waals surface area contributed by atoms with Crippen LogP contribution in [-0.4, -0.2) is 15.2 Å². The van der Waals surface area contributed by atoms with Crippen molar-refractivity contribution in [2.75, 3.05) is 5.32 Å². The number of rotatable bonds is 2. The van der Waals surface area contributed by atoms with Crippen LogP contribution in [0.1, 0.15) is 5.69 Å². The first-order valence-corrected chi connectivity index (χ1v) is 6.54. The molecule has 2 N–H and O–H groups in total. The van der Waals surface area contributed by atoms with E-state index in [1.54, 1.807) is 13.0 Å². The highest BCUT2D eigenvalue weighted by Gasteiger charge is 2.17. The van der Waals surface area contributed by atoms with Gasteiger partial charge in [-0.2, -0.15) is 10.1 Å². The van der Waals surface area contributed by atoms with Gasteiger partial charge in [0.15, 0.2) is 28.4 Å². The zero-order chi connectivity index (χ0) is 15.1. The SMILES string of the molecule is Cc1cc(Nc2nc(=O)c3cc(F)c(F)c(F)c3s2)n[nH]1. The monoisotopic (exact) mass is 312 g/mol. The number of nitrogens with zero attached hydrogens (tertiary/aromatic N) is 2. The van der Waals surface area contributed by atoms with Gasteiger partial charge in [-0.25, -0.2) is 13.2 Å². The number of halogens is 3. The maximum absolute atomic E-state index is 13.7. The molecule has 2 aromatic heterocycles. The Morgan fingerprint density at radius 1 is 1.24 bits per heavy atom. The van der Waals surface area contributed by atoms with Crippen LogP contribution in [0.3, 0.4) is 0 Å². The van der Waals surface area contributed by atoms with E-state index >= 15 is 0 Å². The molecule has 5 nitrogen and oxygen atoms in total. The lowest BCUT2D eigenvalue weighted by atomic mass is 10.2. The number of fused-ring (bicyclic) bond motifs is 1. The van der Waals surface area contributed by atoms with Gasteiger partial charge in [-0.3, -0.25) is 9.89 Å². The summed E-state index contributed by atoms with van der Waals surface area (Å²) in [5, 5.41) is 8.97. The van der Waals surface area contributed by atoms with Gasteiger partial charge < -0.3 is 5.32 Å². The van der Waals surface area contributed by atoms with Crippen LogP contribution in [0.15, 0.2) is 16.9 Å². The average Bonchev–Trinajstić information content (AvgIpc) is 2.83. The zero-order valence-electron chi connectivity index (χ0n) is 10.5. The fraction of sp³-hybridized carbons (Fsp3) is 0.0833. The van der Waals surface area contributed by atoms with E-state index < -0.39 is 23.0 Å². The highest BCUT2D eigenvalue weighted by atomic mass is 32.1. The van der Waals surface area contributed by atoms with Crippen molar-refractivity contribution in [3.63, 3.8) is 0 Å². The van der Waals surface area contributed by atoms with Gasteiger partial charge in [-0.15, -0.1) is 0 Å². The van der Waals surface area contributed by atoms with Crippen LogP contribution in [-0.2, 0) is 0 Å². The van der Waals surface area contributed by atoms with E-state index in [1.807, 2.05) is 0 Å². The van der Waals surface area contributed by atoms with E-state index in [2.05, 4.69) is 20.5 Å². The Labute approximate surface area is 119 Å². The third-order valence-electron chi connectivity index (χ3n) is 2.69. The number of benzene rings is 1. The summed E-state index contributed by atoms with van der Waals surface area (Å²) in [6.07, 6.45) is 0. The smallest absolute Gasteiger partial charge is 0.281 e. The Kier molecular flexibility index (Phi) is 3.13. The minimum atomic E-state index is -1.62. The van der Waals surface area contributed by atoms with Crippen molar-refractivity contribution in [1.29, 1.82) is 0 Å². The van der Waals surface area contributed by atoms with Crippen molar-refractivity contribution < 1.29 is 13.2 Å². The second-order valence-electron chi connectivity index (χ2n) is 4.25. The second kappa shape index (κ2) is 4.85. The summed E-state index contributed by atoms with van der Waals surface area (Å²) in [6, 6.07) is 2.28. The number of hydrogen-bond donors (Lipinski definition) is 2. The van der Waals surface area contributed by atoms with Crippen molar-refractivity contribution in [3.8, 4) is 0 Å². The lowest BCUT2D eigenvalue weighted by Gasteiger charge is -2.04. The Balaban J connectivity index is 2.16. The second-order valence-corrected chi connectivity index (χ2v) is 5.25. The molecule has 0 atom stereocenters. The zero-order valence-corrected chi connectivity index (χ0v) is 11.3. The first-order valence-electron chi connectivity index (χ1n) is 5.73. The fourth-order valence-corrected chi connectivity index (χ4v) is 2.67. The van der Waals surface area contributed by atoms with E-state index in [0.29, 0.717) is 23.2 Å². The van der Waals surface area contributed by atoms with E-state index in [4.69, 9.17) is 0 Å². The summed E-state index contributed by atoms with van der Waals surface area (Å²) < 4.78 is 39.8. The molecule has 0 aliphatic carbocycles. The number of aromatic amines is 1. The van der Waals surface area contributed by atoms with Gasteiger partial charge in [0.05, 0.1) is 10.1 Å². The summed E-state index contributed by atoms with van der Waals surface area (Å²) in [5.74, 6) is -4.07. The molecule has 0 radical (unpaired) electrons. The quantitative estimate of drug-likeness (QED) is 0.714. The summed E-state index contributed by atoms with van der Waals surface area (Å²) in [7, 11) is 0. The molecule has 0 aliphatic rings. The summed E-state index contributed by atoms with van der Waals surface area (Å²) >= 11 is 0.697. The Hall–Kier alpha value is -2.42. The molecule has 0 fully saturated rings. The third kappa shape index (κ3) is 2.35. The van der Waals surface area contributed by atoms with E-state index in [0.717, 1.165) is 5.69 Å². The predicted octanol–water partition coefficient (Wildman–Crippen LogP) is 2.85. The molecular formula is C12H7F3N4OS. The molecule has 0 saturated heterocycles. The Bertz CT molecular complexity index is 905. The van der Waals surface area contributed by atoms with Gasteiger partial charge in [-0.1, -0.05) is 11.3 Å². The first-order chi connectivity index (χ1) is 9.95. The minimum Gasteiger partial charge on any atom is -0.315 e. The number of nitrogens with one attached hydrogen (secondary N) is 2. The van der Waals surface area contributed by atoms with E-state index in [-0.39, 0.29) is 15.2 Å². The van der Waals surface area contributed by atoms with Gasteiger partial charge in [0, 0.05) is 11.8 Å². The van der Waals surface area contributed by atoms with Gasteiger partial charge in [0.2, 0.25) is 0 Å². The van der Waals surface area contributed by atoms with Crippen LogP contribution in [0.2, 0.25) is 0 Å². The molecule has 1 aromatic carbocycles. The molecule has 2 heterocycles. The number of anilines is 2. The first kappa shape index (κ1) is 13.6. The summed E-state index contributed by atoms with van der Waals surface area (Å²) in [4.78, 5) is 15.4. The molecule has 0 amide bonds. The average molecular weight is 312 g/mol. The highest BCUT2D eigenvalue weighted by Crippen LogP contribution is 2.28. The molecular weight excluding hydrogens is 305 g/mol. The molecule has 0 bridgehead atoms. The molecule has 3 aromatic rings. The maximum Gasteiger partial charge on any atom is 0.281 e. The molecule has 0 spiro atoms. The van der Waals surface area contributed by atoms with Crippen molar-refractivity contribution in [2.45, 2.75) is 6.92 Å². The number of aromatic nitrogens is 3. The van der Waals surface area contributed by atoms with Crippen molar-refractivity contribution in [3.05, 3.63) is 45.6 Å². The van der Waals surface area contributed by atoms with Crippen LogP contribution in [0, 0.1) is 24.4 Å². The molecule has 0 aliphatic heterocycles. The van der Waals surface area contributed by atoms with Crippen LogP contribution in [0.25, 0.3) is 10.1 Å². The Morgan fingerprint density at radius 3 is 2.67 bits per heavy atom. The molecule has 9 heteroatoms. The molecule has 3 rings (SSSR count). The van der Waals surface area contributed by atoms with E-state index in [9.17, 15) is 18.0 Å². The van der Waals surface area contributed by atoms with Crippen LogP contribution in [0.4, 0.5) is 24.1 Å². The predicted molar refractivity (Wildman–Crippen MR) is 72.4 cm³/mol. The summed E-state index contributed by atoms with van der Waals surface area (Å²) in [5.41, 5.74) is -0.0822. The van der Waals surface area contributed by atoms with Gasteiger partial charge in [0.1, 0.15) is 0 Å². The third-order valence-corrected chi connectivity index (χ3v) is 3.68. The molecule has 108 valence electrons. The molecule has 0 unspecified atom stereocenters. The highest BCUT2D eigenvalue weighted by molar-refractivity contribution is 7.21. The van der Waals surface area contributed by atoms with Crippen LogP contribution < -0.4 is 10.9 Å². The standard InChI is InChI=1S/C12H7F3N4OS/c1-4-2-7(19-18-4)16-12-17-11(20)5-3-6(13)8(14)9(15)10(5)21-12/h2-3H,1H3,(H2,16,17,18,19,20). The van der Waals surface area contributed by atoms with Gasteiger partial charge >= 0.3 is 0 Å². The van der Waals surface area contributed by atoms with E-state index in [1.165, 1.54) is 0 Å². The summed E-state index contributed by atoms with van der Waals surface area (Å²) in [6.45, 7) is 1.77. The van der Waals surface area contributed by atoms with Crippen LogP contribution in [0.5, 0.6) is 0 Å². The van der Waals surface area contributed by atoms with Gasteiger partial charge in [0.25, 0.3) is 5.56 Å². The molecule has 0 saturated carbocycles. The van der Waals surface area contributed by atoms with Gasteiger partial charge in [-0.05, 0) is 13.0 Å². The fourth-order valence-electron chi connectivity index (χ4n) is 1.75. The normalized spacial score (nSPS) is 11.0.